The second kappa shape index (κ2) is 7.28. The third-order valence-corrected chi connectivity index (χ3v) is 1.60. The van der Waals surface area contributed by atoms with Gasteiger partial charge in [0.15, 0.2) is 0 Å². The molecular weight excluding hydrogens is 393 g/mol. The summed E-state index contributed by atoms with van der Waals surface area (Å²) in [6, 6.07) is 3.71. The molecule has 1 N–H and O–H groups in total. The standard InChI is InChI=1S/C9H11NO.2ClH.W/c1-6-4-7(2)9(11)8(5-6)10-3;;;/h4-5,11H,3H2,1-2H3;2*1H;/q;;;+2/p-2. The summed E-state index contributed by atoms with van der Waals surface area (Å²) in [6.45, 7) is 7.17. The summed E-state index contributed by atoms with van der Waals surface area (Å²) in [5, 5.41) is 9.39. The fraction of sp³-hybridized carbons (Fsp3) is 0.222. The molecule has 1 aromatic rings. The van der Waals surface area contributed by atoms with E-state index in [1.807, 2.05) is 19.9 Å². The van der Waals surface area contributed by atoms with Gasteiger partial charge in [-0.3, -0.25) is 4.99 Å². The van der Waals surface area contributed by atoms with Crippen LogP contribution in [0.3, 0.4) is 0 Å². The summed E-state index contributed by atoms with van der Waals surface area (Å²) >= 11 is -0.806. The first-order valence-electron chi connectivity index (χ1n) is 3.73. The van der Waals surface area contributed by atoms with Gasteiger partial charge in [0.25, 0.3) is 0 Å². The monoisotopic (exact) mass is 403 g/mol. The zero-order valence-corrected chi connectivity index (χ0v) is 12.4. The summed E-state index contributed by atoms with van der Waals surface area (Å²) < 4.78 is 0. The third-order valence-electron chi connectivity index (χ3n) is 1.60. The van der Waals surface area contributed by atoms with Crippen LogP contribution in [0.4, 0.5) is 5.69 Å². The maximum absolute atomic E-state index is 9.39. The fourth-order valence-electron chi connectivity index (χ4n) is 1.06. The molecular formula is C9H11Cl2NOW. The van der Waals surface area contributed by atoms with Crippen LogP contribution in [0, 0.1) is 13.8 Å². The molecule has 1 rings (SSSR count). The summed E-state index contributed by atoms with van der Waals surface area (Å²) in [4.78, 5) is 3.69. The van der Waals surface area contributed by atoms with Gasteiger partial charge in [0, 0.05) is 0 Å². The molecule has 2 nitrogen and oxygen atoms in total. The Morgan fingerprint density at radius 3 is 2.29 bits per heavy atom. The predicted octanol–water partition coefficient (Wildman–Crippen LogP) is 3.72. The molecule has 0 heterocycles. The van der Waals surface area contributed by atoms with Crippen LogP contribution in [-0.2, 0) is 16.5 Å². The van der Waals surface area contributed by atoms with Gasteiger partial charge in [-0.15, -0.1) is 0 Å². The van der Waals surface area contributed by atoms with Gasteiger partial charge < -0.3 is 5.11 Å². The molecule has 14 heavy (non-hydrogen) atoms. The van der Waals surface area contributed by atoms with Crippen molar-refractivity contribution in [1.82, 2.24) is 0 Å². The van der Waals surface area contributed by atoms with E-state index < -0.39 is 16.5 Å². The van der Waals surface area contributed by atoms with Crippen molar-refractivity contribution in [2.24, 2.45) is 4.99 Å². The molecule has 1 aromatic carbocycles. The Bertz CT molecular complexity index is 318. The summed E-state index contributed by atoms with van der Waals surface area (Å²) in [7, 11) is 9.86. The number of aryl methyl sites for hydroxylation is 2. The van der Waals surface area contributed by atoms with Gasteiger partial charge in [-0.25, -0.2) is 0 Å². The molecule has 0 atom stereocenters. The van der Waals surface area contributed by atoms with Crippen LogP contribution >= 0.6 is 18.8 Å². The molecule has 0 aliphatic carbocycles. The van der Waals surface area contributed by atoms with Crippen LogP contribution in [0.15, 0.2) is 17.1 Å². The molecule has 78 valence electrons. The van der Waals surface area contributed by atoms with Crippen molar-refractivity contribution in [3.8, 4) is 5.75 Å². The predicted molar refractivity (Wildman–Crippen MR) is 58.5 cm³/mol. The van der Waals surface area contributed by atoms with Gasteiger partial charge >= 0.3 is 35.3 Å². The van der Waals surface area contributed by atoms with Crippen molar-refractivity contribution in [2.75, 3.05) is 0 Å². The molecule has 0 fully saturated rings. The second-order valence-electron chi connectivity index (χ2n) is 2.67. The minimum absolute atomic E-state index is 0.227. The summed E-state index contributed by atoms with van der Waals surface area (Å²) in [5.41, 5.74) is 2.48. The van der Waals surface area contributed by atoms with Crippen molar-refractivity contribution in [3.05, 3.63) is 23.3 Å². The molecule has 0 radical (unpaired) electrons. The molecule has 0 unspecified atom stereocenters. The Morgan fingerprint density at radius 2 is 1.86 bits per heavy atom. The van der Waals surface area contributed by atoms with E-state index in [1.54, 1.807) is 6.07 Å². The topological polar surface area (TPSA) is 32.6 Å². The number of nitrogens with zero attached hydrogens (tertiary/aromatic N) is 1. The number of hydrogen-bond donors (Lipinski definition) is 1. The van der Waals surface area contributed by atoms with Gasteiger partial charge in [0.2, 0.25) is 0 Å². The Labute approximate surface area is 100 Å². The average Bonchev–Trinajstić information content (AvgIpc) is 2.12. The minimum atomic E-state index is -0.806. The van der Waals surface area contributed by atoms with Gasteiger partial charge in [-0.1, -0.05) is 6.07 Å². The van der Waals surface area contributed by atoms with Crippen molar-refractivity contribution in [1.29, 1.82) is 0 Å². The Balaban J connectivity index is 0.000000500. The first-order valence-corrected chi connectivity index (χ1v) is 11.0. The maximum atomic E-state index is 9.39. The number of aromatic hydroxyl groups is 1. The van der Waals surface area contributed by atoms with Crippen LogP contribution in [0.2, 0.25) is 0 Å². The zero-order chi connectivity index (χ0) is 11.1. The van der Waals surface area contributed by atoms with E-state index in [0.717, 1.165) is 11.1 Å². The SMILES string of the molecule is C=Nc1cc(C)cc(C)c1O.[Cl][W][Cl]. The number of halogens is 2. The second-order valence-corrected chi connectivity index (χ2v) is 6.90. The molecule has 0 aliphatic heterocycles. The van der Waals surface area contributed by atoms with Gasteiger partial charge in [0.1, 0.15) is 11.4 Å². The van der Waals surface area contributed by atoms with E-state index in [0.29, 0.717) is 5.69 Å². The average molecular weight is 404 g/mol. The first-order chi connectivity index (χ1) is 6.56. The van der Waals surface area contributed by atoms with Crippen LogP contribution in [0.1, 0.15) is 11.1 Å². The number of phenolic OH excluding ortho intramolecular Hbond substituents is 1. The third kappa shape index (κ3) is 4.45. The quantitative estimate of drug-likeness (QED) is 0.712. The number of rotatable bonds is 1. The molecule has 0 spiro atoms. The summed E-state index contributed by atoms with van der Waals surface area (Å²) in [6.07, 6.45) is 0. The molecule has 0 saturated carbocycles. The van der Waals surface area contributed by atoms with Crippen molar-refractivity contribution in [3.63, 3.8) is 0 Å². The van der Waals surface area contributed by atoms with Crippen molar-refractivity contribution < 1.29 is 21.6 Å². The van der Waals surface area contributed by atoms with E-state index >= 15 is 0 Å². The van der Waals surface area contributed by atoms with Gasteiger partial charge in [-0.05, 0) is 37.8 Å². The molecule has 0 amide bonds. The van der Waals surface area contributed by atoms with E-state index in [2.05, 4.69) is 11.7 Å². The van der Waals surface area contributed by atoms with Gasteiger partial charge in [0.05, 0.1) is 0 Å². The number of phenols is 1. The first kappa shape index (κ1) is 14.0. The Morgan fingerprint density at radius 1 is 1.36 bits per heavy atom. The molecule has 0 saturated heterocycles. The normalized spacial score (nSPS) is 8.86. The van der Waals surface area contributed by atoms with E-state index in [-0.39, 0.29) is 5.75 Å². The molecule has 0 aliphatic rings. The number of benzene rings is 1. The molecule has 0 bridgehead atoms. The molecule has 0 aromatic heterocycles. The summed E-state index contributed by atoms with van der Waals surface area (Å²) in [5.74, 6) is 0.227. The van der Waals surface area contributed by atoms with Gasteiger partial charge in [-0.2, -0.15) is 0 Å². The zero-order valence-electron chi connectivity index (χ0n) is 7.92. The van der Waals surface area contributed by atoms with E-state index in [9.17, 15) is 5.11 Å². The van der Waals surface area contributed by atoms with E-state index in [1.165, 1.54) is 0 Å². The Kier molecular flexibility index (Phi) is 7.25. The van der Waals surface area contributed by atoms with Crippen molar-refractivity contribution >= 4 is 31.2 Å². The van der Waals surface area contributed by atoms with Crippen LogP contribution in [0.25, 0.3) is 0 Å². The van der Waals surface area contributed by atoms with Crippen LogP contribution < -0.4 is 0 Å². The van der Waals surface area contributed by atoms with E-state index in [4.69, 9.17) is 18.8 Å². The van der Waals surface area contributed by atoms with Crippen LogP contribution in [-0.4, -0.2) is 11.8 Å². The van der Waals surface area contributed by atoms with Crippen LogP contribution in [0.5, 0.6) is 5.75 Å². The fourth-order valence-corrected chi connectivity index (χ4v) is 1.06. The number of hydrogen-bond acceptors (Lipinski definition) is 2. The Hall–Kier alpha value is -0.0417. The molecule has 5 heteroatoms. The number of aliphatic imine (C=N–C) groups is 1. The van der Waals surface area contributed by atoms with Crippen molar-refractivity contribution in [2.45, 2.75) is 13.8 Å².